The molecule has 7 nitrogen and oxygen atoms in total. The van der Waals surface area contributed by atoms with Gasteiger partial charge in [-0.25, -0.2) is 0 Å². The van der Waals surface area contributed by atoms with E-state index in [0.717, 1.165) is 65.6 Å². The maximum Gasteiger partial charge on any atom is 0.318 e. The molecule has 1 N–H and O–H groups in total. The number of rotatable bonds is 3. The Morgan fingerprint density at radius 1 is 1.00 bits per heavy atom. The summed E-state index contributed by atoms with van der Waals surface area (Å²) in [7, 11) is 3.83. The number of anilines is 2. The van der Waals surface area contributed by atoms with Crippen LogP contribution in [0, 0.1) is 5.92 Å². The Labute approximate surface area is 231 Å². The van der Waals surface area contributed by atoms with E-state index in [-0.39, 0.29) is 0 Å². The van der Waals surface area contributed by atoms with Crippen LogP contribution in [0.25, 0.3) is 10.8 Å². The monoisotopic (exact) mass is 534 g/mol. The highest BCUT2D eigenvalue weighted by molar-refractivity contribution is 6.36. The number of ether oxygens (including phenoxy) is 1. The molecular formula is C30H39ClN6O. The van der Waals surface area contributed by atoms with Crippen LogP contribution in [-0.2, 0) is 13.0 Å². The van der Waals surface area contributed by atoms with Crippen LogP contribution in [-0.4, -0.2) is 73.8 Å². The number of methoxy groups -OCH3 is 1. The zero-order valence-electron chi connectivity index (χ0n) is 22.8. The summed E-state index contributed by atoms with van der Waals surface area (Å²) in [4.78, 5) is 16.8. The number of nitrogens with zero attached hydrogens (tertiary/aromatic N) is 5. The van der Waals surface area contributed by atoms with Gasteiger partial charge in [-0.1, -0.05) is 42.8 Å². The Morgan fingerprint density at radius 2 is 1.79 bits per heavy atom. The van der Waals surface area contributed by atoms with Crippen LogP contribution < -0.4 is 19.9 Å². The third-order valence-corrected chi connectivity index (χ3v) is 8.97. The van der Waals surface area contributed by atoms with E-state index in [0.29, 0.717) is 24.0 Å². The summed E-state index contributed by atoms with van der Waals surface area (Å²) >= 11 is 6.62. The lowest BCUT2D eigenvalue weighted by atomic mass is 10.0. The number of halogens is 1. The molecule has 38 heavy (non-hydrogen) atoms. The first kappa shape index (κ1) is 25.7. The van der Waals surface area contributed by atoms with E-state index in [1.54, 1.807) is 7.11 Å². The molecule has 5 heterocycles. The van der Waals surface area contributed by atoms with Crippen LogP contribution >= 0.6 is 11.6 Å². The van der Waals surface area contributed by atoms with Crippen molar-refractivity contribution in [3.63, 3.8) is 0 Å². The Hall–Kier alpha value is -2.61. The molecule has 202 valence electrons. The summed E-state index contributed by atoms with van der Waals surface area (Å²) in [5.41, 5.74) is 3.48. The Bertz CT molecular complexity index is 1290. The van der Waals surface area contributed by atoms with Gasteiger partial charge in [-0.3, -0.25) is 0 Å². The van der Waals surface area contributed by atoms with E-state index in [1.165, 1.54) is 37.9 Å². The molecule has 0 radical (unpaired) electrons. The van der Waals surface area contributed by atoms with Gasteiger partial charge in [0.1, 0.15) is 5.82 Å². The molecule has 1 aromatic heterocycles. The lowest BCUT2D eigenvalue weighted by Crippen LogP contribution is -2.52. The van der Waals surface area contributed by atoms with Crippen LogP contribution in [0.2, 0.25) is 5.02 Å². The first-order valence-corrected chi connectivity index (χ1v) is 14.4. The number of hydrogen-bond donors (Lipinski definition) is 1. The summed E-state index contributed by atoms with van der Waals surface area (Å²) < 4.78 is 5.53. The summed E-state index contributed by atoms with van der Waals surface area (Å²) in [6, 6.07) is 14.0. The van der Waals surface area contributed by atoms with Crippen LogP contribution in [0.1, 0.15) is 37.4 Å². The number of benzene rings is 2. The summed E-state index contributed by atoms with van der Waals surface area (Å²) in [6.07, 6.45) is 4.97. The van der Waals surface area contributed by atoms with Crippen molar-refractivity contribution in [1.82, 2.24) is 20.2 Å². The molecule has 0 aliphatic carbocycles. The minimum atomic E-state index is 0.454. The summed E-state index contributed by atoms with van der Waals surface area (Å²) in [5, 5.41) is 6.81. The first-order valence-electron chi connectivity index (χ1n) is 14.1. The highest BCUT2D eigenvalue weighted by Crippen LogP contribution is 2.38. The van der Waals surface area contributed by atoms with E-state index in [4.69, 9.17) is 26.3 Å². The second-order valence-electron chi connectivity index (χ2n) is 11.3. The van der Waals surface area contributed by atoms with Crippen molar-refractivity contribution in [2.75, 3.05) is 56.7 Å². The van der Waals surface area contributed by atoms with Crippen LogP contribution in [0.3, 0.4) is 0 Å². The Morgan fingerprint density at radius 3 is 2.50 bits per heavy atom. The molecule has 4 aliphatic rings. The predicted octanol–water partition coefficient (Wildman–Crippen LogP) is 4.75. The van der Waals surface area contributed by atoms with E-state index < -0.39 is 0 Å². The largest absolute Gasteiger partial charge is 0.467 e. The van der Waals surface area contributed by atoms with Crippen LogP contribution in [0.15, 0.2) is 36.4 Å². The van der Waals surface area contributed by atoms with Crippen LogP contribution in [0.5, 0.6) is 6.01 Å². The molecule has 3 saturated heterocycles. The molecule has 2 bridgehead atoms. The third kappa shape index (κ3) is 5.04. The van der Waals surface area contributed by atoms with Gasteiger partial charge in [-0.15, -0.1) is 0 Å². The smallest absolute Gasteiger partial charge is 0.318 e. The number of piperazine rings is 1. The molecule has 8 heteroatoms. The van der Waals surface area contributed by atoms with Crippen molar-refractivity contribution in [2.24, 2.45) is 5.92 Å². The van der Waals surface area contributed by atoms with Crippen LogP contribution in [0.4, 0.5) is 11.5 Å². The van der Waals surface area contributed by atoms with E-state index in [2.05, 4.69) is 58.3 Å². The van der Waals surface area contributed by atoms with Crippen molar-refractivity contribution in [1.29, 1.82) is 0 Å². The highest BCUT2D eigenvalue weighted by atomic mass is 35.5. The quantitative estimate of drug-likeness (QED) is 0.520. The molecule has 2 aromatic carbocycles. The van der Waals surface area contributed by atoms with Gasteiger partial charge in [0.05, 0.1) is 24.4 Å². The number of likely N-dealkylation sites (tertiary alicyclic amines) is 1. The zero-order chi connectivity index (χ0) is 26.2. The Balaban J connectivity index is 0.000000390. The van der Waals surface area contributed by atoms with Gasteiger partial charge in [-0.2, -0.15) is 9.97 Å². The predicted molar refractivity (Wildman–Crippen MR) is 156 cm³/mol. The average molecular weight is 535 g/mol. The molecular weight excluding hydrogens is 496 g/mol. The number of hydrogen-bond acceptors (Lipinski definition) is 7. The van der Waals surface area contributed by atoms with Crippen molar-refractivity contribution >= 4 is 33.9 Å². The average Bonchev–Trinajstić information content (AvgIpc) is 3.52. The SMILES string of the molecule is CN1CCCC1.COc1nc2c(c(N3C[C@H]4C[C@H](C)[C@@H](C3)N4)n1)CCN(c1cccc3cccc(Cl)c13)C2. The van der Waals surface area contributed by atoms with Crippen molar-refractivity contribution in [2.45, 2.75) is 51.2 Å². The van der Waals surface area contributed by atoms with E-state index in [9.17, 15) is 0 Å². The number of aromatic nitrogens is 2. The molecule has 4 aliphatic heterocycles. The van der Waals surface area contributed by atoms with Gasteiger partial charge < -0.3 is 24.8 Å². The second-order valence-corrected chi connectivity index (χ2v) is 11.8. The molecule has 0 saturated carbocycles. The maximum absolute atomic E-state index is 6.62. The van der Waals surface area contributed by atoms with Gasteiger partial charge in [0.25, 0.3) is 0 Å². The molecule has 0 amide bonds. The number of fused-ring (bicyclic) bond motifs is 4. The minimum absolute atomic E-state index is 0.454. The molecule has 3 atom stereocenters. The van der Waals surface area contributed by atoms with Gasteiger partial charge in [0.15, 0.2) is 0 Å². The maximum atomic E-state index is 6.62. The van der Waals surface area contributed by atoms with Gasteiger partial charge in [-0.05, 0) is 69.3 Å². The molecule has 3 fully saturated rings. The fourth-order valence-electron chi connectivity index (χ4n) is 6.62. The highest BCUT2D eigenvalue weighted by Gasteiger charge is 2.39. The lowest BCUT2D eigenvalue weighted by Gasteiger charge is -2.38. The second kappa shape index (κ2) is 10.9. The number of nitrogens with one attached hydrogen (secondary N) is 1. The minimum Gasteiger partial charge on any atom is -0.467 e. The molecule has 3 aromatic rings. The summed E-state index contributed by atoms with van der Waals surface area (Å²) in [6.45, 7) is 8.61. The molecule has 0 unspecified atom stereocenters. The van der Waals surface area contributed by atoms with E-state index in [1.807, 2.05) is 12.1 Å². The third-order valence-electron chi connectivity index (χ3n) is 8.66. The molecule has 0 spiro atoms. The van der Waals surface area contributed by atoms with Crippen molar-refractivity contribution in [3.8, 4) is 6.01 Å². The lowest BCUT2D eigenvalue weighted by molar-refractivity contribution is 0.374. The fourth-order valence-corrected chi connectivity index (χ4v) is 6.90. The van der Waals surface area contributed by atoms with E-state index >= 15 is 0 Å². The normalized spacial score (nSPS) is 24.8. The van der Waals surface area contributed by atoms with Crippen molar-refractivity contribution in [3.05, 3.63) is 52.7 Å². The van der Waals surface area contributed by atoms with Gasteiger partial charge in [0, 0.05) is 48.4 Å². The summed E-state index contributed by atoms with van der Waals surface area (Å²) in [5.74, 6) is 1.77. The van der Waals surface area contributed by atoms with Gasteiger partial charge in [0.2, 0.25) is 0 Å². The Kier molecular flexibility index (Phi) is 7.34. The topological polar surface area (TPSA) is 56.8 Å². The zero-order valence-corrected chi connectivity index (χ0v) is 23.5. The van der Waals surface area contributed by atoms with Crippen molar-refractivity contribution < 1.29 is 4.74 Å². The molecule has 7 rings (SSSR count). The standard InChI is InChI=1S/C25H28ClN5O.C5H11N/c1-15-11-17-12-31(13-20(15)27-17)24-18-9-10-30(14-21(18)28-25(29-24)32-2)22-8-4-6-16-5-3-7-19(26)23(16)22;1-6-4-2-3-5-6/h3-8,15,17,20,27H,9-14H2,1-2H3;2-5H2,1H3/t15-,17+,20+;/m0./s1. The van der Waals surface area contributed by atoms with Gasteiger partial charge >= 0.3 is 6.01 Å². The fraction of sp³-hybridized carbons (Fsp3) is 0.533. The first-order chi connectivity index (χ1) is 18.5.